The molecule has 1 N–H and O–H groups in total. The quantitative estimate of drug-likeness (QED) is 0.794. The van der Waals surface area contributed by atoms with Crippen LogP contribution in [0.25, 0.3) is 0 Å². The highest BCUT2D eigenvalue weighted by Crippen LogP contribution is 2.30. The molecule has 0 saturated heterocycles. The highest BCUT2D eigenvalue weighted by molar-refractivity contribution is 6.29. The third-order valence-electron chi connectivity index (χ3n) is 1.73. The molecule has 8 heteroatoms. The molecular formula is C11H12ClF3N2O2. The Morgan fingerprint density at radius 2 is 1.89 bits per heavy atom. The molecular weight excluding hydrogens is 285 g/mol. The summed E-state index contributed by atoms with van der Waals surface area (Å²) in [5, 5.41) is 1.79. The van der Waals surface area contributed by atoms with Crippen molar-refractivity contribution in [3.8, 4) is 0 Å². The Labute approximate surface area is 112 Å². The van der Waals surface area contributed by atoms with E-state index in [-0.39, 0.29) is 10.8 Å². The maximum absolute atomic E-state index is 12.5. The molecule has 106 valence electrons. The van der Waals surface area contributed by atoms with Crippen molar-refractivity contribution in [3.63, 3.8) is 0 Å². The van der Waals surface area contributed by atoms with Gasteiger partial charge >= 0.3 is 12.3 Å². The molecule has 0 aliphatic heterocycles. The van der Waals surface area contributed by atoms with E-state index in [0.29, 0.717) is 6.07 Å². The van der Waals surface area contributed by atoms with Crippen LogP contribution in [0.3, 0.4) is 0 Å². The average Bonchev–Trinajstić information content (AvgIpc) is 2.11. The van der Waals surface area contributed by atoms with Gasteiger partial charge in [-0.1, -0.05) is 11.6 Å². The third kappa shape index (κ3) is 5.34. The number of ether oxygens (including phenoxy) is 1. The van der Waals surface area contributed by atoms with E-state index in [2.05, 4.69) is 10.3 Å². The number of alkyl halides is 3. The molecule has 4 nitrogen and oxygen atoms in total. The van der Waals surface area contributed by atoms with E-state index in [0.717, 1.165) is 6.07 Å². The van der Waals surface area contributed by atoms with Gasteiger partial charge in [0.1, 0.15) is 16.4 Å². The van der Waals surface area contributed by atoms with Crippen LogP contribution >= 0.6 is 11.6 Å². The van der Waals surface area contributed by atoms with E-state index in [9.17, 15) is 18.0 Å². The zero-order valence-electron chi connectivity index (χ0n) is 10.4. The van der Waals surface area contributed by atoms with Gasteiger partial charge in [-0.25, -0.2) is 9.78 Å². The zero-order valence-corrected chi connectivity index (χ0v) is 11.2. The minimum Gasteiger partial charge on any atom is -0.444 e. The van der Waals surface area contributed by atoms with Crippen LogP contribution in [0.15, 0.2) is 12.1 Å². The van der Waals surface area contributed by atoms with Crippen LogP contribution in [-0.4, -0.2) is 16.7 Å². The molecule has 0 unspecified atom stereocenters. The van der Waals surface area contributed by atoms with E-state index >= 15 is 0 Å². The van der Waals surface area contributed by atoms with Gasteiger partial charge in [-0.05, 0) is 32.9 Å². The van der Waals surface area contributed by atoms with Crippen molar-refractivity contribution < 1.29 is 22.7 Å². The first-order chi connectivity index (χ1) is 8.47. The van der Waals surface area contributed by atoms with E-state index in [1.165, 1.54) is 0 Å². The molecule has 1 rings (SSSR count). The van der Waals surface area contributed by atoms with Crippen molar-refractivity contribution in [2.24, 2.45) is 0 Å². The number of halogens is 4. The Morgan fingerprint density at radius 3 is 2.37 bits per heavy atom. The molecule has 0 aliphatic rings. The molecule has 0 aromatic carbocycles. The Bertz CT molecular complexity index is 484. The first-order valence-electron chi connectivity index (χ1n) is 5.22. The molecule has 1 aromatic rings. The van der Waals surface area contributed by atoms with E-state index in [1.807, 2.05) is 0 Å². The first-order valence-corrected chi connectivity index (χ1v) is 5.60. The van der Waals surface area contributed by atoms with Crippen molar-refractivity contribution in [3.05, 3.63) is 23.0 Å². The summed E-state index contributed by atoms with van der Waals surface area (Å²) in [6.07, 6.45) is -5.52. The van der Waals surface area contributed by atoms with E-state index in [1.54, 1.807) is 20.8 Å². The van der Waals surface area contributed by atoms with Gasteiger partial charge in [0.2, 0.25) is 0 Å². The molecule has 0 bridgehead atoms. The predicted octanol–water partition coefficient (Wildman–Crippen LogP) is 4.10. The predicted molar refractivity (Wildman–Crippen MR) is 64.1 cm³/mol. The second kappa shape index (κ2) is 5.24. The molecule has 0 saturated carbocycles. The van der Waals surface area contributed by atoms with Gasteiger partial charge in [0.25, 0.3) is 0 Å². The fraction of sp³-hybridized carbons (Fsp3) is 0.455. The molecule has 1 aromatic heterocycles. The normalized spacial score (nSPS) is 12.2. The molecule has 0 radical (unpaired) electrons. The molecule has 0 spiro atoms. The lowest BCUT2D eigenvalue weighted by Gasteiger charge is -2.20. The van der Waals surface area contributed by atoms with Crippen molar-refractivity contribution >= 4 is 23.4 Å². The number of nitrogens with one attached hydrogen (secondary N) is 1. The highest BCUT2D eigenvalue weighted by atomic mass is 35.5. The first kappa shape index (κ1) is 15.6. The van der Waals surface area contributed by atoms with Gasteiger partial charge in [0.05, 0.1) is 0 Å². The number of hydrogen-bond donors (Lipinski definition) is 1. The van der Waals surface area contributed by atoms with Crippen LogP contribution in [0.2, 0.25) is 5.15 Å². The van der Waals surface area contributed by atoms with Crippen LogP contribution in [0.1, 0.15) is 26.5 Å². The molecule has 1 heterocycles. The Balaban J connectivity index is 2.91. The maximum Gasteiger partial charge on any atom is 0.433 e. The van der Waals surface area contributed by atoms with Crippen molar-refractivity contribution in [1.82, 2.24) is 4.98 Å². The summed E-state index contributed by atoms with van der Waals surface area (Å²) in [5.74, 6) is 0. The van der Waals surface area contributed by atoms with Crippen molar-refractivity contribution in [2.75, 3.05) is 5.32 Å². The monoisotopic (exact) mass is 296 g/mol. The van der Waals surface area contributed by atoms with Crippen LogP contribution in [-0.2, 0) is 10.9 Å². The van der Waals surface area contributed by atoms with E-state index < -0.39 is 23.6 Å². The topological polar surface area (TPSA) is 51.2 Å². The molecule has 1 amide bonds. The number of pyridine rings is 1. The maximum atomic E-state index is 12.5. The van der Waals surface area contributed by atoms with Crippen LogP contribution in [0, 0.1) is 0 Å². The summed E-state index contributed by atoms with van der Waals surface area (Å²) in [6, 6.07) is 1.77. The third-order valence-corrected chi connectivity index (χ3v) is 1.92. The van der Waals surface area contributed by atoms with Crippen molar-refractivity contribution in [2.45, 2.75) is 32.5 Å². The summed E-state index contributed by atoms with van der Waals surface area (Å²) in [4.78, 5) is 14.6. The van der Waals surface area contributed by atoms with E-state index in [4.69, 9.17) is 16.3 Å². The lowest BCUT2D eigenvalue weighted by atomic mass is 10.2. The van der Waals surface area contributed by atoms with Crippen LogP contribution in [0.5, 0.6) is 0 Å². The smallest absolute Gasteiger partial charge is 0.433 e. The number of aromatic nitrogens is 1. The second-order valence-corrected chi connectivity index (χ2v) is 5.08. The average molecular weight is 297 g/mol. The van der Waals surface area contributed by atoms with Gasteiger partial charge in [-0.15, -0.1) is 0 Å². The van der Waals surface area contributed by atoms with Gasteiger partial charge < -0.3 is 4.74 Å². The lowest BCUT2D eigenvalue weighted by Crippen LogP contribution is -2.27. The number of hydrogen-bond acceptors (Lipinski definition) is 3. The minimum absolute atomic E-state index is 0.137. The summed E-state index contributed by atoms with van der Waals surface area (Å²) in [5.41, 5.74) is -2.08. The van der Waals surface area contributed by atoms with Gasteiger partial charge in [0.15, 0.2) is 0 Å². The summed E-state index contributed by atoms with van der Waals surface area (Å²) in [7, 11) is 0. The molecule has 0 aliphatic carbocycles. The lowest BCUT2D eigenvalue weighted by molar-refractivity contribution is -0.141. The Morgan fingerprint density at radius 1 is 1.32 bits per heavy atom. The van der Waals surface area contributed by atoms with Gasteiger partial charge in [-0.3, -0.25) is 5.32 Å². The van der Waals surface area contributed by atoms with Crippen molar-refractivity contribution in [1.29, 1.82) is 0 Å². The molecule has 0 atom stereocenters. The number of carbonyl (C=O) groups excluding carboxylic acids is 1. The number of nitrogens with zero attached hydrogens (tertiary/aromatic N) is 1. The number of carbonyl (C=O) groups is 1. The Hall–Kier alpha value is -1.50. The highest BCUT2D eigenvalue weighted by Gasteiger charge is 2.33. The van der Waals surface area contributed by atoms with Gasteiger partial charge in [-0.2, -0.15) is 13.2 Å². The summed E-state index contributed by atoms with van der Waals surface area (Å²) in [6.45, 7) is 4.90. The standard InChI is InChI=1S/C11H12ClF3N2O2/c1-10(2,3)19-9(18)16-6-4-7(11(13,14)15)17-8(12)5-6/h4-5H,1-3H3,(H,16,17,18). The number of amides is 1. The molecule has 19 heavy (non-hydrogen) atoms. The minimum atomic E-state index is -4.64. The van der Waals surface area contributed by atoms with Crippen LogP contribution < -0.4 is 5.32 Å². The Kier molecular flexibility index (Phi) is 4.29. The largest absolute Gasteiger partial charge is 0.444 e. The number of anilines is 1. The van der Waals surface area contributed by atoms with Crippen LogP contribution in [0.4, 0.5) is 23.7 Å². The number of rotatable bonds is 1. The molecule has 0 fully saturated rings. The summed E-state index contributed by atoms with van der Waals surface area (Å²) < 4.78 is 42.4. The van der Waals surface area contributed by atoms with Gasteiger partial charge in [0, 0.05) is 5.69 Å². The SMILES string of the molecule is CC(C)(C)OC(=O)Nc1cc(Cl)nc(C(F)(F)F)c1. The fourth-order valence-corrected chi connectivity index (χ4v) is 1.34. The second-order valence-electron chi connectivity index (χ2n) is 4.69. The fourth-order valence-electron chi connectivity index (χ4n) is 1.14. The zero-order chi connectivity index (χ0) is 14.8. The summed E-state index contributed by atoms with van der Waals surface area (Å²) >= 11 is 5.47.